The molecule has 0 bridgehead atoms. The van der Waals surface area contributed by atoms with E-state index in [1.165, 1.54) is 0 Å². The van der Waals surface area contributed by atoms with E-state index in [2.05, 4.69) is 13.2 Å². The van der Waals surface area contributed by atoms with Crippen LogP contribution in [0.3, 0.4) is 0 Å². The molecule has 0 aliphatic carbocycles. The summed E-state index contributed by atoms with van der Waals surface area (Å²) in [6.07, 6.45) is 0. The minimum Gasteiger partial charge on any atom is -0.402 e. The SMILES string of the molecule is C=C[Si](OC)(O[Si](C=C)(OC)c1ccccc1)c1ccccc1. The van der Waals surface area contributed by atoms with Gasteiger partial charge in [-0.15, -0.1) is 13.2 Å². The van der Waals surface area contributed by atoms with Gasteiger partial charge in [0.25, 0.3) is 0 Å². The maximum absolute atomic E-state index is 6.59. The van der Waals surface area contributed by atoms with E-state index < -0.39 is 17.1 Å². The van der Waals surface area contributed by atoms with Crippen LogP contribution in [0.5, 0.6) is 0 Å². The first kappa shape index (κ1) is 17.6. The molecule has 2 rings (SSSR count). The fourth-order valence-electron chi connectivity index (χ4n) is 2.49. The van der Waals surface area contributed by atoms with Crippen LogP contribution in [-0.4, -0.2) is 31.3 Å². The molecule has 0 radical (unpaired) electrons. The van der Waals surface area contributed by atoms with Gasteiger partial charge in [0.2, 0.25) is 0 Å². The van der Waals surface area contributed by atoms with E-state index in [1.54, 1.807) is 25.6 Å². The van der Waals surface area contributed by atoms with Crippen molar-refractivity contribution in [3.8, 4) is 0 Å². The Labute approximate surface area is 140 Å². The first-order valence-corrected chi connectivity index (χ1v) is 11.1. The van der Waals surface area contributed by atoms with E-state index in [0.717, 1.165) is 10.4 Å². The van der Waals surface area contributed by atoms with Gasteiger partial charge in [-0.2, -0.15) is 0 Å². The van der Waals surface area contributed by atoms with Gasteiger partial charge in [-0.3, -0.25) is 0 Å². The molecule has 2 aromatic rings. The van der Waals surface area contributed by atoms with Gasteiger partial charge in [-0.1, -0.05) is 60.7 Å². The van der Waals surface area contributed by atoms with Crippen molar-refractivity contribution in [3.63, 3.8) is 0 Å². The maximum Gasteiger partial charge on any atom is 0.390 e. The molecule has 3 nitrogen and oxygen atoms in total. The second-order valence-corrected chi connectivity index (χ2v) is 11.3. The zero-order valence-corrected chi connectivity index (χ0v) is 15.6. The summed E-state index contributed by atoms with van der Waals surface area (Å²) in [5, 5.41) is 1.98. The molecule has 2 aromatic carbocycles. The van der Waals surface area contributed by atoms with Crippen molar-refractivity contribution in [1.29, 1.82) is 0 Å². The monoisotopic (exact) mass is 342 g/mol. The normalized spacial score (nSPS) is 16.1. The lowest BCUT2D eigenvalue weighted by Gasteiger charge is -2.36. The Bertz CT molecular complexity index is 590. The molecule has 2 atom stereocenters. The predicted molar refractivity (Wildman–Crippen MR) is 99.2 cm³/mol. The van der Waals surface area contributed by atoms with Crippen LogP contribution in [0.15, 0.2) is 85.2 Å². The maximum atomic E-state index is 6.59. The van der Waals surface area contributed by atoms with Crippen molar-refractivity contribution in [3.05, 3.63) is 85.2 Å². The number of rotatable bonds is 8. The van der Waals surface area contributed by atoms with E-state index >= 15 is 0 Å². The Morgan fingerprint density at radius 3 is 1.30 bits per heavy atom. The van der Waals surface area contributed by atoms with Gasteiger partial charge >= 0.3 is 17.1 Å². The van der Waals surface area contributed by atoms with E-state index in [4.69, 9.17) is 13.0 Å². The quantitative estimate of drug-likeness (QED) is 0.690. The molecular weight excluding hydrogens is 320 g/mol. The molecule has 0 spiro atoms. The molecule has 0 aliphatic rings. The molecule has 0 amide bonds. The first-order valence-electron chi connectivity index (χ1n) is 7.35. The van der Waals surface area contributed by atoms with Gasteiger partial charge in [0.15, 0.2) is 0 Å². The fraction of sp³-hybridized carbons (Fsp3) is 0.111. The predicted octanol–water partition coefficient (Wildman–Crippen LogP) is 2.45. The standard InChI is InChI=1S/C18H22O3Si2/c1-5-22(19-3,17-13-9-7-10-14-17)21-23(6-2,20-4)18-15-11-8-12-16-18/h5-16H,1-2H2,3-4H3. The Morgan fingerprint density at radius 2 is 1.04 bits per heavy atom. The topological polar surface area (TPSA) is 27.7 Å². The van der Waals surface area contributed by atoms with Crippen molar-refractivity contribution < 1.29 is 13.0 Å². The first-order chi connectivity index (χ1) is 11.2. The molecular formula is C18H22O3Si2. The molecule has 23 heavy (non-hydrogen) atoms. The lowest BCUT2D eigenvalue weighted by Crippen LogP contribution is -2.64. The summed E-state index contributed by atoms with van der Waals surface area (Å²) in [5.41, 5.74) is 3.57. The summed E-state index contributed by atoms with van der Waals surface area (Å²) in [5.74, 6) is 0. The van der Waals surface area contributed by atoms with Gasteiger partial charge in [0, 0.05) is 14.2 Å². The number of hydrogen-bond donors (Lipinski definition) is 0. The van der Waals surface area contributed by atoms with E-state index in [9.17, 15) is 0 Å². The summed E-state index contributed by atoms with van der Waals surface area (Å²) in [7, 11) is -2.39. The van der Waals surface area contributed by atoms with Crippen LogP contribution in [0.4, 0.5) is 0 Å². The number of hydrogen-bond acceptors (Lipinski definition) is 3. The third-order valence-corrected chi connectivity index (χ3v) is 10.8. The summed E-state index contributed by atoms with van der Waals surface area (Å²) in [6.45, 7) is 7.94. The fourth-order valence-corrected chi connectivity index (χ4v) is 9.16. The second kappa shape index (κ2) is 7.67. The van der Waals surface area contributed by atoms with Gasteiger partial charge < -0.3 is 13.0 Å². The summed E-state index contributed by atoms with van der Waals surface area (Å²) in [6, 6.07) is 19.8. The largest absolute Gasteiger partial charge is 0.402 e. The van der Waals surface area contributed by atoms with Crippen molar-refractivity contribution in [2.45, 2.75) is 0 Å². The summed E-state index contributed by atoms with van der Waals surface area (Å²) in [4.78, 5) is 0. The highest BCUT2D eigenvalue weighted by molar-refractivity contribution is 6.97. The Hall–Kier alpha value is -1.77. The smallest absolute Gasteiger partial charge is 0.390 e. The molecule has 0 fully saturated rings. The molecule has 2 unspecified atom stereocenters. The molecule has 0 saturated heterocycles. The minimum absolute atomic E-state index is 0.990. The lowest BCUT2D eigenvalue weighted by atomic mass is 10.4. The van der Waals surface area contributed by atoms with Crippen LogP contribution < -0.4 is 10.4 Å². The van der Waals surface area contributed by atoms with Gasteiger partial charge in [0.05, 0.1) is 0 Å². The van der Waals surface area contributed by atoms with Crippen molar-refractivity contribution in [1.82, 2.24) is 0 Å². The van der Waals surface area contributed by atoms with Crippen LogP contribution in [0, 0.1) is 0 Å². The minimum atomic E-state index is -2.85. The van der Waals surface area contributed by atoms with Crippen molar-refractivity contribution in [2.75, 3.05) is 14.2 Å². The molecule has 0 saturated carbocycles. The van der Waals surface area contributed by atoms with Crippen LogP contribution in [0.2, 0.25) is 0 Å². The van der Waals surface area contributed by atoms with E-state index in [0.29, 0.717) is 0 Å². The zero-order valence-electron chi connectivity index (χ0n) is 13.6. The third-order valence-electron chi connectivity index (χ3n) is 3.80. The molecule has 0 aliphatic heterocycles. The Kier molecular flexibility index (Phi) is 5.87. The second-order valence-electron chi connectivity index (χ2n) is 4.99. The average molecular weight is 343 g/mol. The molecule has 0 heterocycles. The van der Waals surface area contributed by atoms with Crippen LogP contribution in [-0.2, 0) is 13.0 Å². The van der Waals surface area contributed by atoms with Gasteiger partial charge in [0.1, 0.15) is 0 Å². The molecule has 120 valence electrons. The molecule has 5 heteroatoms. The molecule has 0 aromatic heterocycles. The van der Waals surface area contributed by atoms with Crippen molar-refractivity contribution >= 4 is 27.5 Å². The zero-order chi connectivity index (χ0) is 16.8. The van der Waals surface area contributed by atoms with Crippen LogP contribution in [0.25, 0.3) is 0 Å². The highest BCUT2D eigenvalue weighted by atomic mass is 28.5. The van der Waals surface area contributed by atoms with Gasteiger partial charge in [-0.25, -0.2) is 0 Å². The van der Waals surface area contributed by atoms with E-state index in [-0.39, 0.29) is 0 Å². The molecule has 0 N–H and O–H groups in total. The van der Waals surface area contributed by atoms with Crippen LogP contribution >= 0.6 is 0 Å². The average Bonchev–Trinajstić information content (AvgIpc) is 2.65. The summed E-state index contributed by atoms with van der Waals surface area (Å²) >= 11 is 0. The van der Waals surface area contributed by atoms with E-state index in [1.807, 2.05) is 60.7 Å². The summed E-state index contributed by atoms with van der Waals surface area (Å²) < 4.78 is 18.3. The van der Waals surface area contributed by atoms with Gasteiger partial charge in [-0.05, 0) is 21.8 Å². The highest BCUT2D eigenvalue weighted by Gasteiger charge is 2.48. The Morgan fingerprint density at radius 1 is 0.696 bits per heavy atom. The third kappa shape index (κ3) is 3.44. The van der Waals surface area contributed by atoms with Crippen molar-refractivity contribution in [2.24, 2.45) is 0 Å². The number of benzene rings is 2. The Balaban J connectivity index is 2.52. The van der Waals surface area contributed by atoms with Crippen LogP contribution in [0.1, 0.15) is 0 Å². The lowest BCUT2D eigenvalue weighted by molar-refractivity contribution is 0.269. The highest BCUT2D eigenvalue weighted by Crippen LogP contribution is 2.18.